The van der Waals surface area contributed by atoms with E-state index in [9.17, 15) is 4.79 Å². The van der Waals surface area contributed by atoms with Crippen molar-refractivity contribution in [3.63, 3.8) is 0 Å². The number of esters is 1. The summed E-state index contributed by atoms with van der Waals surface area (Å²) >= 11 is 11.2. The number of ether oxygens (including phenoxy) is 1. The lowest BCUT2D eigenvalue weighted by molar-refractivity contribution is -0.136. The van der Waals surface area contributed by atoms with Gasteiger partial charge in [0.25, 0.3) is 0 Å². The second kappa shape index (κ2) is 5.54. The predicted octanol–water partition coefficient (Wildman–Crippen LogP) is 1.70. The Bertz CT molecular complexity index is 437. The minimum Gasteiger partial charge on any atom is -0.456 e. The first-order valence-corrected chi connectivity index (χ1v) is 4.76. The van der Waals surface area contributed by atoms with Gasteiger partial charge in [0.2, 0.25) is 0 Å². The summed E-state index contributed by atoms with van der Waals surface area (Å²) in [4.78, 5) is 10.9. The number of rotatable bonds is 1. The molecule has 0 unspecified atom stereocenters. The summed E-state index contributed by atoms with van der Waals surface area (Å²) in [7, 11) is 0. The summed E-state index contributed by atoms with van der Waals surface area (Å²) in [6.45, 7) is 1.97. The van der Waals surface area contributed by atoms with E-state index in [4.69, 9.17) is 23.2 Å². The zero-order valence-electron chi connectivity index (χ0n) is 7.75. The SMILES string of the molecule is CCOC(=O)C#Cc1cc(Cl)nnc1Cl. The standard InChI is InChI=1S/C9H6Cl2N2O2/c1-2-15-8(14)4-3-6-5-7(10)12-13-9(6)11/h5H,2H2,1H3. The molecule has 0 spiro atoms. The van der Waals surface area contributed by atoms with Crippen molar-refractivity contribution in [2.24, 2.45) is 0 Å². The van der Waals surface area contributed by atoms with Crippen molar-refractivity contribution in [3.05, 3.63) is 21.9 Å². The van der Waals surface area contributed by atoms with Crippen molar-refractivity contribution >= 4 is 29.2 Å². The van der Waals surface area contributed by atoms with Crippen LogP contribution in [0.4, 0.5) is 0 Å². The maximum atomic E-state index is 10.9. The maximum absolute atomic E-state index is 10.9. The third-order valence-corrected chi connectivity index (χ3v) is 1.76. The molecule has 0 aromatic carbocycles. The molecule has 15 heavy (non-hydrogen) atoms. The van der Waals surface area contributed by atoms with Crippen LogP contribution < -0.4 is 0 Å². The first-order valence-electron chi connectivity index (χ1n) is 4.01. The van der Waals surface area contributed by atoms with Gasteiger partial charge in [-0.2, -0.15) is 0 Å². The summed E-state index contributed by atoms with van der Waals surface area (Å²) in [5, 5.41) is 7.29. The van der Waals surface area contributed by atoms with Crippen molar-refractivity contribution in [1.82, 2.24) is 10.2 Å². The van der Waals surface area contributed by atoms with Gasteiger partial charge in [0.15, 0.2) is 10.3 Å². The molecule has 0 fully saturated rings. The van der Waals surface area contributed by atoms with Crippen molar-refractivity contribution in [2.45, 2.75) is 6.92 Å². The second-order valence-electron chi connectivity index (χ2n) is 2.34. The fraction of sp³-hybridized carbons (Fsp3) is 0.222. The second-order valence-corrected chi connectivity index (χ2v) is 3.09. The minimum atomic E-state index is -0.624. The van der Waals surface area contributed by atoms with Gasteiger partial charge in [0.1, 0.15) is 0 Å². The molecule has 0 radical (unpaired) electrons. The highest BCUT2D eigenvalue weighted by atomic mass is 35.5. The van der Waals surface area contributed by atoms with E-state index in [1.807, 2.05) is 0 Å². The van der Waals surface area contributed by atoms with Crippen LogP contribution in [0.5, 0.6) is 0 Å². The fourth-order valence-electron chi connectivity index (χ4n) is 0.726. The van der Waals surface area contributed by atoms with E-state index in [1.54, 1.807) is 6.92 Å². The number of carbonyl (C=O) groups is 1. The van der Waals surface area contributed by atoms with Crippen LogP contribution in [0.3, 0.4) is 0 Å². The molecule has 0 saturated carbocycles. The molecular weight excluding hydrogens is 239 g/mol. The van der Waals surface area contributed by atoms with Crippen LogP contribution in [0.15, 0.2) is 6.07 Å². The molecule has 0 saturated heterocycles. The Kier molecular flexibility index (Phi) is 4.35. The maximum Gasteiger partial charge on any atom is 0.384 e. The smallest absolute Gasteiger partial charge is 0.384 e. The highest BCUT2D eigenvalue weighted by molar-refractivity contribution is 6.32. The van der Waals surface area contributed by atoms with E-state index < -0.39 is 5.97 Å². The lowest BCUT2D eigenvalue weighted by Crippen LogP contribution is -1.99. The Morgan fingerprint density at radius 2 is 2.27 bits per heavy atom. The molecule has 0 aliphatic carbocycles. The van der Waals surface area contributed by atoms with Gasteiger partial charge < -0.3 is 4.74 Å². The van der Waals surface area contributed by atoms with Crippen molar-refractivity contribution in [1.29, 1.82) is 0 Å². The lowest BCUT2D eigenvalue weighted by Gasteiger charge is -1.94. The van der Waals surface area contributed by atoms with Crippen LogP contribution in [0.1, 0.15) is 12.5 Å². The van der Waals surface area contributed by atoms with Gasteiger partial charge in [-0.1, -0.05) is 29.1 Å². The highest BCUT2D eigenvalue weighted by Crippen LogP contribution is 2.13. The normalized spacial score (nSPS) is 9.00. The zero-order chi connectivity index (χ0) is 11.3. The molecule has 1 heterocycles. The molecule has 1 rings (SSSR count). The summed E-state index contributed by atoms with van der Waals surface area (Å²) in [6, 6.07) is 1.42. The Balaban J connectivity index is 2.88. The van der Waals surface area contributed by atoms with Crippen LogP contribution in [0.2, 0.25) is 10.3 Å². The van der Waals surface area contributed by atoms with Crippen molar-refractivity contribution < 1.29 is 9.53 Å². The first-order chi connectivity index (χ1) is 7.13. The molecule has 6 heteroatoms. The van der Waals surface area contributed by atoms with Crippen molar-refractivity contribution in [3.8, 4) is 11.8 Å². The van der Waals surface area contributed by atoms with Gasteiger partial charge >= 0.3 is 5.97 Å². The van der Waals surface area contributed by atoms with Crippen LogP contribution in [0, 0.1) is 11.8 Å². The number of nitrogens with zero attached hydrogens (tertiary/aromatic N) is 2. The summed E-state index contributed by atoms with van der Waals surface area (Å²) in [5.74, 6) is 4.12. The van der Waals surface area contributed by atoms with E-state index in [2.05, 4.69) is 26.8 Å². The Labute approximate surface area is 96.5 Å². The molecule has 0 aliphatic heterocycles. The van der Waals surface area contributed by atoms with Gasteiger partial charge in [-0.15, -0.1) is 10.2 Å². The minimum absolute atomic E-state index is 0.0937. The van der Waals surface area contributed by atoms with E-state index in [0.717, 1.165) is 0 Å². The Morgan fingerprint density at radius 3 is 2.93 bits per heavy atom. The topological polar surface area (TPSA) is 52.1 Å². The number of aromatic nitrogens is 2. The van der Waals surface area contributed by atoms with E-state index in [-0.39, 0.29) is 16.9 Å². The molecule has 1 aromatic rings. The third kappa shape index (κ3) is 3.74. The molecule has 0 amide bonds. The number of carbonyl (C=O) groups excluding carboxylic acids is 1. The zero-order valence-corrected chi connectivity index (χ0v) is 9.26. The van der Waals surface area contributed by atoms with E-state index in [1.165, 1.54) is 6.07 Å². The summed E-state index contributed by atoms with van der Waals surface area (Å²) in [5.41, 5.74) is 0.338. The van der Waals surface area contributed by atoms with Gasteiger partial charge in [-0.05, 0) is 13.0 Å². The summed E-state index contributed by atoms with van der Waals surface area (Å²) in [6.07, 6.45) is 0. The quantitative estimate of drug-likeness (QED) is 0.558. The summed E-state index contributed by atoms with van der Waals surface area (Å²) < 4.78 is 4.61. The van der Waals surface area contributed by atoms with Gasteiger partial charge in [-0.3, -0.25) is 0 Å². The molecule has 0 bridgehead atoms. The van der Waals surface area contributed by atoms with Crippen molar-refractivity contribution in [2.75, 3.05) is 6.61 Å². The fourth-order valence-corrected chi connectivity index (χ4v) is 1.01. The van der Waals surface area contributed by atoms with Crippen LogP contribution in [-0.4, -0.2) is 22.8 Å². The van der Waals surface area contributed by atoms with Crippen LogP contribution >= 0.6 is 23.2 Å². The average molecular weight is 245 g/mol. The number of halogens is 2. The third-order valence-electron chi connectivity index (χ3n) is 1.29. The molecule has 4 nitrogen and oxygen atoms in total. The Morgan fingerprint density at radius 1 is 1.53 bits per heavy atom. The largest absolute Gasteiger partial charge is 0.456 e. The van der Waals surface area contributed by atoms with Gasteiger partial charge in [-0.25, -0.2) is 4.79 Å². The number of hydrogen-bond acceptors (Lipinski definition) is 4. The molecule has 0 N–H and O–H groups in total. The van der Waals surface area contributed by atoms with E-state index >= 15 is 0 Å². The molecular formula is C9H6Cl2N2O2. The Hall–Kier alpha value is -1.31. The number of hydrogen-bond donors (Lipinski definition) is 0. The predicted molar refractivity (Wildman–Crippen MR) is 55.6 cm³/mol. The van der Waals surface area contributed by atoms with Gasteiger partial charge in [0, 0.05) is 5.92 Å². The van der Waals surface area contributed by atoms with Crippen LogP contribution in [0.25, 0.3) is 0 Å². The lowest BCUT2D eigenvalue weighted by atomic mass is 10.3. The highest BCUT2D eigenvalue weighted by Gasteiger charge is 2.01. The molecule has 78 valence electrons. The molecule has 0 atom stereocenters. The van der Waals surface area contributed by atoms with Crippen LogP contribution in [-0.2, 0) is 9.53 Å². The van der Waals surface area contributed by atoms with Gasteiger partial charge in [0.05, 0.1) is 12.2 Å². The van der Waals surface area contributed by atoms with E-state index in [0.29, 0.717) is 5.56 Å². The monoisotopic (exact) mass is 244 g/mol. The first kappa shape index (κ1) is 11.8. The average Bonchev–Trinajstić information content (AvgIpc) is 2.20. The molecule has 1 aromatic heterocycles. The molecule has 0 aliphatic rings.